The van der Waals surface area contributed by atoms with E-state index in [0.717, 1.165) is 57.1 Å². The van der Waals surface area contributed by atoms with Gasteiger partial charge in [-0.15, -0.1) is 0 Å². The van der Waals surface area contributed by atoms with Crippen LogP contribution in [0.25, 0.3) is 0 Å². The fraction of sp³-hybridized carbons (Fsp3) is 0.500. The van der Waals surface area contributed by atoms with Crippen LogP contribution in [0.4, 0.5) is 0 Å². The van der Waals surface area contributed by atoms with Crippen LogP contribution in [0.2, 0.25) is 0 Å². The third kappa shape index (κ3) is 5.14. The monoisotopic (exact) mass is 370 g/mol. The molecule has 7 nitrogen and oxygen atoms in total. The van der Waals surface area contributed by atoms with Gasteiger partial charge in [-0.1, -0.05) is 19.4 Å². The number of unbranched alkanes of at least 4 members (excludes halogenated alkanes) is 1. The summed E-state index contributed by atoms with van der Waals surface area (Å²) in [6.45, 7) is 7.14. The zero-order chi connectivity index (χ0) is 19.1. The number of carbonyl (C=O) groups excluding carboxylic acids is 1. The highest BCUT2D eigenvalue weighted by Gasteiger charge is 2.19. The summed E-state index contributed by atoms with van der Waals surface area (Å²) in [5.74, 6) is 1.32. The van der Waals surface area contributed by atoms with Crippen molar-refractivity contribution in [1.29, 1.82) is 5.26 Å². The molecule has 2 aliphatic heterocycles. The number of amides is 1. The first-order chi connectivity index (χ1) is 13.2. The van der Waals surface area contributed by atoms with Gasteiger partial charge in [0.25, 0.3) is 5.91 Å². The van der Waals surface area contributed by atoms with E-state index in [0.29, 0.717) is 6.54 Å². The highest BCUT2D eigenvalue weighted by atomic mass is 16.7. The van der Waals surface area contributed by atoms with Crippen molar-refractivity contribution >= 4 is 5.91 Å². The van der Waals surface area contributed by atoms with Crippen LogP contribution >= 0.6 is 0 Å². The van der Waals surface area contributed by atoms with Gasteiger partial charge in [-0.2, -0.15) is 5.26 Å². The number of hydrogen-bond donors (Lipinski definition) is 1. The van der Waals surface area contributed by atoms with Crippen LogP contribution < -0.4 is 14.8 Å². The Morgan fingerprint density at radius 3 is 2.78 bits per heavy atom. The van der Waals surface area contributed by atoms with E-state index in [-0.39, 0.29) is 18.3 Å². The molecular formula is C20H26N4O3. The van der Waals surface area contributed by atoms with E-state index in [1.54, 1.807) is 6.20 Å². The van der Waals surface area contributed by atoms with E-state index in [4.69, 9.17) is 9.47 Å². The van der Waals surface area contributed by atoms with Crippen LogP contribution in [0.15, 0.2) is 30.0 Å². The summed E-state index contributed by atoms with van der Waals surface area (Å²) in [4.78, 5) is 16.5. The maximum atomic E-state index is 12.1. The number of fused-ring (bicyclic) bond motifs is 1. The number of nitrogens with one attached hydrogen (secondary N) is 1. The summed E-state index contributed by atoms with van der Waals surface area (Å²) < 4.78 is 10.8. The Morgan fingerprint density at radius 2 is 2.04 bits per heavy atom. The summed E-state index contributed by atoms with van der Waals surface area (Å²) in [7, 11) is 0. The van der Waals surface area contributed by atoms with Gasteiger partial charge >= 0.3 is 0 Å². The predicted octanol–water partition coefficient (Wildman–Crippen LogP) is 1.86. The molecule has 7 heteroatoms. The van der Waals surface area contributed by atoms with Gasteiger partial charge in [-0.05, 0) is 24.1 Å². The molecular weight excluding hydrogens is 344 g/mol. The van der Waals surface area contributed by atoms with E-state index in [2.05, 4.69) is 23.2 Å². The van der Waals surface area contributed by atoms with Crippen molar-refractivity contribution in [2.45, 2.75) is 26.3 Å². The molecule has 0 bridgehead atoms. The number of ether oxygens (including phenoxy) is 2. The Morgan fingerprint density at radius 1 is 1.26 bits per heavy atom. The zero-order valence-electron chi connectivity index (χ0n) is 15.7. The fourth-order valence-electron chi connectivity index (χ4n) is 3.14. The van der Waals surface area contributed by atoms with Crippen LogP contribution in [0.1, 0.15) is 25.3 Å². The highest BCUT2D eigenvalue weighted by Crippen LogP contribution is 2.32. The molecule has 2 aliphatic rings. The second kappa shape index (κ2) is 9.28. The van der Waals surface area contributed by atoms with Gasteiger partial charge in [0.05, 0.1) is 0 Å². The SMILES string of the molecule is CCCCNC(=O)/C(C#N)=C\N1CCN(Cc2ccc3c(c2)OCO3)CC1. The third-order valence-corrected chi connectivity index (χ3v) is 4.74. The number of rotatable bonds is 7. The maximum Gasteiger partial charge on any atom is 0.263 e. The molecule has 0 atom stereocenters. The molecule has 0 radical (unpaired) electrons. The van der Waals surface area contributed by atoms with Gasteiger partial charge in [-0.25, -0.2) is 0 Å². The van der Waals surface area contributed by atoms with Crippen LogP contribution in [-0.2, 0) is 11.3 Å². The quantitative estimate of drug-likeness (QED) is 0.448. The molecule has 3 rings (SSSR count). The minimum absolute atomic E-state index is 0.176. The second-order valence-electron chi connectivity index (χ2n) is 6.76. The van der Waals surface area contributed by atoms with Crippen LogP contribution in [0.3, 0.4) is 0 Å². The number of piperazine rings is 1. The summed E-state index contributed by atoms with van der Waals surface area (Å²) in [5, 5.41) is 12.1. The van der Waals surface area contributed by atoms with E-state index < -0.39 is 0 Å². The zero-order valence-corrected chi connectivity index (χ0v) is 15.7. The van der Waals surface area contributed by atoms with Crippen molar-refractivity contribution in [3.63, 3.8) is 0 Å². The molecule has 0 aromatic heterocycles. The molecule has 2 heterocycles. The smallest absolute Gasteiger partial charge is 0.263 e. The standard InChI is InChI=1S/C20H26N4O3/c1-2-3-6-22-20(25)17(12-21)14-24-9-7-23(8-10-24)13-16-4-5-18-19(11-16)27-15-26-18/h4-5,11,14H,2-3,6-10,13,15H2,1H3,(H,22,25)/b17-14-. The minimum Gasteiger partial charge on any atom is -0.454 e. The molecule has 1 amide bonds. The average molecular weight is 370 g/mol. The van der Waals surface area contributed by atoms with Crippen molar-refractivity contribution in [3.05, 3.63) is 35.5 Å². The largest absolute Gasteiger partial charge is 0.454 e. The first-order valence-electron chi connectivity index (χ1n) is 9.44. The lowest BCUT2D eigenvalue weighted by molar-refractivity contribution is -0.117. The molecule has 0 spiro atoms. The van der Waals surface area contributed by atoms with E-state index in [9.17, 15) is 10.1 Å². The molecule has 1 fully saturated rings. The Labute approximate surface area is 160 Å². The first-order valence-corrected chi connectivity index (χ1v) is 9.44. The summed E-state index contributed by atoms with van der Waals surface area (Å²) >= 11 is 0. The number of nitrogens with zero attached hydrogens (tertiary/aromatic N) is 3. The average Bonchev–Trinajstić information content (AvgIpc) is 3.15. The van der Waals surface area contributed by atoms with Crippen molar-refractivity contribution < 1.29 is 14.3 Å². The maximum absolute atomic E-state index is 12.1. The Hall–Kier alpha value is -2.72. The molecule has 1 aromatic rings. The summed E-state index contributed by atoms with van der Waals surface area (Å²) in [5.41, 5.74) is 1.37. The second-order valence-corrected chi connectivity index (χ2v) is 6.76. The molecule has 1 aromatic carbocycles. The molecule has 144 valence electrons. The molecule has 1 N–H and O–H groups in total. The Bertz CT molecular complexity index is 733. The van der Waals surface area contributed by atoms with Crippen LogP contribution in [0.5, 0.6) is 11.5 Å². The molecule has 0 saturated carbocycles. The van der Waals surface area contributed by atoms with Crippen LogP contribution in [-0.4, -0.2) is 55.2 Å². The number of nitriles is 1. The summed E-state index contributed by atoms with van der Waals surface area (Å²) in [6, 6.07) is 8.06. The third-order valence-electron chi connectivity index (χ3n) is 4.74. The van der Waals surface area contributed by atoms with Crippen molar-refractivity contribution in [2.75, 3.05) is 39.5 Å². The number of benzene rings is 1. The lowest BCUT2D eigenvalue weighted by Gasteiger charge is -2.34. The highest BCUT2D eigenvalue weighted by molar-refractivity contribution is 5.97. The van der Waals surface area contributed by atoms with Gasteiger partial charge in [0, 0.05) is 45.5 Å². The van der Waals surface area contributed by atoms with Crippen molar-refractivity contribution in [2.24, 2.45) is 0 Å². The lowest BCUT2D eigenvalue weighted by Crippen LogP contribution is -2.44. The first kappa shape index (κ1) is 19.1. The van der Waals surface area contributed by atoms with E-state index >= 15 is 0 Å². The predicted molar refractivity (Wildman–Crippen MR) is 101 cm³/mol. The van der Waals surface area contributed by atoms with Crippen LogP contribution in [0, 0.1) is 11.3 Å². The minimum atomic E-state index is -0.284. The number of hydrogen-bond acceptors (Lipinski definition) is 6. The van der Waals surface area contributed by atoms with Gasteiger partial charge in [-0.3, -0.25) is 9.69 Å². The molecule has 27 heavy (non-hydrogen) atoms. The van der Waals surface area contributed by atoms with Crippen molar-refractivity contribution in [1.82, 2.24) is 15.1 Å². The van der Waals surface area contributed by atoms with Gasteiger partial charge in [0.15, 0.2) is 11.5 Å². The van der Waals surface area contributed by atoms with Gasteiger partial charge in [0.2, 0.25) is 6.79 Å². The Balaban J connectivity index is 1.49. The van der Waals surface area contributed by atoms with E-state index in [1.165, 1.54) is 5.56 Å². The topological polar surface area (TPSA) is 77.8 Å². The summed E-state index contributed by atoms with van der Waals surface area (Å²) in [6.07, 6.45) is 3.62. The molecule has 1 saturated heterocycles. The Kier molecular flexibility index (Phi) is 6.55. The van der Waals surface area contributed by atoms with Gasteiger partial charge < -0.3 is 19.7 Å². The molecule has 0 unspecified atom stereocenters. The van der Waals surface area contributed by atoms with E-state index in [1.807, 2.05) is 23.1 Å². The fourth-order valence-corrected chi connectivity index (χ4v) is 3.14. The van der Waals surface area contributed by atoms with Gasteiger partial charge in [0.1, 0.15) is 11.6 Å². The van der Waals surface area contributed by atoms with Crippen molar-refractivity contribution in [3.8, 4) is 17.6 Å². The normalized spacial score (nSPS) is 16.9. The molecule has 0 aliphatic carbocycles. The lowest BCUT2D eigenvalue weighted by atomic mass is 10.1. The number of carbonyl (C=O) groups is 1.